The first-order chi connectivity index (χ1) is 14.7. The van der Waals surface area contributed by atoms with Gasteiger partial charge >= 0.3 is 0 Å². The minimum Gasteiger partial charge on any atom is -0.355 e. The Labute approximate surface area is 174 Å². The van der Waals surface area contributed by atoms with Crippen molar-refractivity contribution in [3.8, 4) is 21.9 Å². The lowest BCUT2D eigenvalue weighted by molar-refractivity contribution is 0.101. The molecule has 0 radical (unpaired) electrons. The number of thiazole rings is 1. The molecule has 3 aromatic carbocycles. The zero-order chi connectivity index (χ0) is 20.5. The Morgan fingerprint density at radius 2 is 1.77 bits per heavy atom. The van der Waals surface area contributed by atoms with E-state index in [1.54, 1.807) is 29.5 Å². The maximum absolute atomic E-state index is 13.1. The fourth-order valence-corrected chi connectivity index (χ4v) is 4.02. The molecule has 5 rings (SSSR count). The minimum atomic E-state index is -0.395. The third-order valence-corrected chi connectivity index (χ3v) is 5.62. The number of amides is 1. The number of nitrogens with one attached hydrogen (secondary N) is 1. The summed E-state index contributed by atoms with van der Waals surface area (Å²) in [5.74, 6) is -0.346. The van der Waals surface area contributed by atoms with Crippen molar-refractivity contribution in [3.05, 3.63) is 90.4 Å². The Hall–Kier alpha value is -3.84. The van der Waals surface area contributed by atoms with Gasteiger partial charge < -0.3 is 9.84 Å². The topological polar surface area (TPSA) is 68.0 Å². The Morgan fingerprint density at radius 1 is 0.933 bits per heavy atom. The molecular formula is C23H14FN3O2S. The van der Waals surface area contributed by atoms with Gasteiger partial charge in [0.2, 0.25) is 0 Å². The summed E-state index contributed by atoms with van der Waals surface area (Å²) >= 11 is 1.60. The van der Waals surface area contributed by atoms with E-state index in [1.165, 1.54) is 18.2 Å². The summed E-state index contributed by atoms with van der Waals surface area (Å²) in [5.41, 5.74) is 3.27. The Morgan fingerprint density at radius 3 is 2.60 bits per heavy atom. The van der Waals surface area contributed by atoms with E-state index < -0.39 is 5.91 Å². The average molecular weight is 415 g/mol. The molecule has 30 heavy (non-hydrogen) atoms. The van der Waals surface area contributed by atoms with E-state index in [1.807, 2.05) is 42.5 Å². The van der Waals surface area contributed by atoms with Gasteiger partial charge in [0.1, 0.15) is 10.8 Å². The highest BCUT2D eigenvalue weighted by Gasteiger charge is 2.15. The molecule has 5 nitrogen and oxygen atoms in total. The van der Waals surface area contributed by atoms with Crippen LogP contribution in [0.5, 0.6) is 0 Å². The highest BCUT2D eigenvalue weighted by molar-refractivity contribution is 7.21. The number of hydrogen-bond acceptors (Lipinski definition) is 5. The SMILES string of the molecule is O=C(Nc1cccc(-c2nc3ccccc3s2)c1)c1cc(-c2ccc(F)cc2)on1. The molecule has 7 heteroatoms. The molecule has 0 aliphatic rings. The third kappa shape index (κ3) is 3.58. The van der Waals surface area contributed by atoms with Crippen molar-refractivity contribution in [1.29, 1.82) is 0 Å². The van der Waals surface area contributed by atoms with Crippen molar-refractivity contribution in [3.63, 3.8) is 0 Å². The van der Waals surface area contributed by atoms with Crippen LogP contribution in [0.15, 0.2) is 83.4 Å². The van der Waals surface area contributed by atoms with Gasteiger partial charge in [-0.25, -0.2) is 9.37 Å². The number of fused-ring (bicyclic) bond motifs is 1. The standard InChI is InChI=1S/C23H14FN3O2S/c24-16-10-8-14(9-11-16)20-13-19(27-29-20)22(28)25-17-5-3-4-15(12-17)23-26-18-6-1-2-7-21(18)30-23/h1-13H,(H,25,28). The zero-order valence-electron chi connectivity index (χ0n) is 15.5. The number of nitrogens with zero attached hydrogens (tertiary/aromatic N) is 2. The number of carbonyl (C=O) groups excluding carboxylic acids is 1. The summed E-state index contributed by atoms with van der Waals surface area (Å²) < 4.78 is 19.4. The fourth-order valence-electron chi connectivity index (χ4n) is 3.05. The van der Waals surface area contributed by atoms with Crippen LogP contribution in [0.2, 0.25) is 0 Å². The number of anilines is 1. The van der Waals surface area contributed by atoms with Crippen molar-refractivity contribution >= 4 is 33.1 Å². The van der Waals surface area contributed by atoms with E-state index in [-0.39, 0.29) is 11.5 Å². The fraction of sp³-hybridized carbons (Fsp3) is 0. The van der Waals surface area contributed by atoms with E-state index in [0.717, 1.165) is 20.8 Å². The first-order valence-corrected chi connectivity index (χ1v) is 9.97. The molecule has 0 saturated carbocycles. The molecule has 1 N–H and O–H groups in total. The van der Waals surface area contributed by atoms with Gasteiger partial charge in [-0.3, -0.25) is 4.79 Å². The van der Waals surface area contributed by atoms with Crippen LogP contribution in [-0.2, 0) is 0 Å². The molecule has 0 atom stereocenters. The van der Waals surface area contributed by atoms with Crippen molar-refractivity contribution < 1.29 is 13.7 Å². The molecule has 0 spiro atoms. The van der Waals surface area contributed by atoms with Gasteiger partial charge in [0, 0.05) is 22.9 Å². The Balaban J connectivity index is 1.36. The molecule has 0 saturated heterocycles. The summed E-state index contributed by atoms with van der Waals surface area (Å²) in [5, 5.41) is 7.54. The van der Waals surface area contributed by atoms with Gasteiger partial charge in [0.25, 0.3) is 5.91 Å². The van der Waals surface area contributed by atoms with Gasteiger partial charge in [-0.05, 0) is 48.5 Å². The smallest absolute Gasteiger partial charge is 0.277 e. The molecule has 5 aromatic rings. The highest BCUT2D eigenvalue weighted by Crippen LogP contribution is 2.31. The van der Waals surface area contributed by atoms with Gasteiger partial charge in [0.15, 0.2) is 11.5 Å². The van der Waals surface area contributed by atoms with Gasteiger partial charge in [-0.2, -0.15) is 0 Å². The van der Waals surface area contributed by atoms with Crippen LogP contribution in [-0.4, -0.2) is 16.0 Å². The van der Waals surface area contributed by atoms with Crippen LogP contribution in [0.25, 0.3) is 32.1 Å². The molecule has 0 fully saturated rings. The molecule has 0 bridgehead atoms. The number of rotatable bonds is 4. The number of carbonyl (C=O) groups is 1. The molecule has 0 aliphatic heterocycles. The van der Waals surface area contributed by atoms with Crippen LogP contribution in [0.3, 0.4) is 0 Å². The minimum absolute atomic E-state index is 0.139. The predicted molar refractivity (Wildman–Crippen MR) is 115 cm³/mol. The lowest BCUT2D eigenvalue weighted by atomic mass is 10.1. The van der Waals surface area contributed by atoms with Gasteiger partial charge in [-0.15, -0.1) is 11.3 Å². The number of para-hydroxylation sites is 1. The summed E-state index contributed by atoms with van der Waals surface area (Å²) in [6.07, 6.45) is 0. The molecular weight excluding hydrogens is 401 g/mol. The number of hydrogen-bond donors (Lipinski definition) is 1. The van der Waals surface area contributed by atoms with Crippen molar-refractivity contribution in [2.75, 3.05) is 5.32 Å². The third-order valence-electron chi connectivity index (χ3n) is 4.53. The maximum atomic E-state index is 13.1. The second-order valence-electron chi connectivity index (χ2n) is 6.60. The zero-order valence-corrected chi connectivity index (χ0v) is 16.3. The van der Waals surface area contributed by atoms with Crippen LogP contribution < -0.4 is 5.32 Å². The van der Waals surface area contributed by atoms with Gasteiger partial charge in [-0.1, -0.05) is 29.4 Å². The highest BCUT2D eigenvalue weighted by atomic mass is 32.1. The monoisotopic (exact) mass is 415 g/mol. The summed E-state index contributed by atoms with van der Waals surface area (Å²) in [4.78, 5) is 17.3. The van der Waals surface area contributed by atoms with Crippen molar-refractivity contribution in [2.45, 2.75) is 0 Å². The summed E-state index contributed by atoms with van der Waals surface area (Å²) in [7, 11) is 0. The molecule has 0 unspecified atom stereocenters. The largest absolute Gasteiger partial charge is 0.355 e. The van der Waals surface area contributed by atoms with Crippen LogP contribution in [0, 0.1) is 5.82 Å². The summed E-state index contributed by atoms with van der Waals surface area (Å²) in [6, 6.07) is 22.8. The lowest BCUT2D eigenvalue weighted by Gasteiger charge is -2.04. The molecule has 0 aliphatic carbocycles. The summed E-state index contributed by atoms with van der Waals surface area (Å²) in [6.45, 7) is 0. The van der Waals surface area contributed by atoms with Crippen LogP contribution in [0.4, 0.5) is 10.1 Å². The van der Waals surface area contributed by atoms with Crippen molar-refractivity contribution in [1.82, 2.24) is 10.1 Å². The second kappa shape index (κ2) is 7.53. The first kappa shape index (κ1) is 18.2. The maximum Gasteiger partial charge on any atom is 0.277 e. The quantitative estimate of drug-likeness (QED) is 0.390. The number of aromatic nitrogens is 2. The molecule has 1 amide bonds. The van der Waals surface area contributed by atoms with Crippen LogP contribution in [0.1, 0.15) is 10.5 Å². The second-order valence-corrected chi connectivity index (χ2v) is 7.64. The van der Waals surface area contributed by atoms with E-state index in [9.17, 15) is 9.18 Å². The lowest BCUT2D eigenvalue weighted by Crippen LogP contribution is -2.12. The van der Waals surface area contributed by atoms with Gasteiger partial charge in [0.05, 0.1) is 10.2 Å². The molecule has 2 heterocycles. The molecule has 146 valence electrons. The Bertz CT molecular complexity index is 1330. The molecule has 2 aromatic heterocycles. The van der Waals surface area contributed by atoms with E-state index in [0.29, 0.717) is 17.0 Å². The number of benzene rings is 3. The first-order valence-electron chi connectivity index (χ1n) is 9.16. The average Bonchev–Trinajstić information content (AvgIpc) is 3.42. The normalized spacial score (nSPS) is 11.0. The van der Waals surface area contributed by atoms with Crippen LogP contribution >= 0.6 is 11.3 Å². The number of halogens is 1. The Kier molecular flexibility index (Phi) is 4.57. The van der Waals surface area contributed by atoms with E-state index in [4.69, 9.17) is 4.52 Å². The van der Waals surface area contributed by atoms with Crippen molar-refractivity contribution in [2.24, 2.45) is 0 Å². The van der Waals surface area contributed by atoms with E-state index in [2.05, 4.69) is 15.5 Å². The van der Waals surface area contributed by atoms with E-state index >= 15 is 0 Å². The predicted octanol–water partition coefficient (Wildman–Crippen LogP) is 6.01.